The van der Waals surface area contributed by atoms with Crippen LogP contribution in [0.15, 0.2) is 0 Å². The second kappa shape index (κ2) is 4.82. The van der Waals surface area contributed by atoms with E-state index >= 15 is 0 Å². The van der Waals surface area contributed by atoms with Crippen LogP contribution < -0.4 is 0 Å². The highest BCUT2D eigenvalue weighted by molar-refractivity contribution is 6.21. The van der Waals surface area contributed by atoms with Gasteiger partial charge >= 0.3 is 0 Å². The molecule has 0 radical (unpaired) electrons. The monoisotopic (exact) mass is 217 g/mol. The molecule has 1 heterocycles. The number of alkyl halides is 1. The number of ether oxygens (including phenoxy) is 1. The maximum atomic E-state index is 5.96. The molecule has 0 spiro atoms. The Hall–Kier alpha value is 0.210. The summed E-state index contributed by atoms with van der Waals surface area (Å²) in [4.78, 5) is 2.45. The van der Waals surface area contributed by atoms with Crippen molar-refractivity contribution >= 4 is 11.6 Å². The molecular weight excluding hydrogens is 198 g/mol. The van der Waals surface area contributed by atoms with Crippen LogP contribution in [0.25, 0.3) is 0 Å². The van der Waals surface area contributed by atoms with Gasteiger partial charge in [0.05, 0.1) is 6.61 Å². The molecule has 14 heavy (non-hydrogen) atoms. The van der Waals surface area contributed by atoms with Gasteiger partial charge in [-0.2, -0.15) is 0 Å². The van der Waals surface area contributed by atoms with Crippen molar-refractivity contribution in [2.45, 2.75) is 24.6 Å². The second-order valence-corrected chi connectivity index (χ2v) is 5.50. The van der Waals surface area contributed by atoms with Gasteiger partial charge in [-0.1, -0.05) is 0 Å². The van der Waals surface area contributed by atoms with Crippen LogP contribution in [0.1, 0.15) is 19.3 Å². The summed E-state index contributed by atoms with van der Waals surface area (Å²) in [6, 6.07) is 0. The van der Waals surface area contributed by atoms with E-state index in [-0.39, 0.29) is 0 Å². The highest BCUT2D eigenvalue weighted by atomic mass is 35.5. The molecule has 1 aliphatic heterocycles. The first kappa shape index (κ1) is 10.7. The minimum Gasteiger partial charge on any atom is -0.381 e. The average molecular weight is 218 g/mol. The van der Waals surface area contributed by atoms with Crippen molar-refractivity contribution in [2.24, 2.45) is 11.8 Å². The lowest BCUT2D eigenvalue weighted by atomic mass is 9.84. The van der Waals surface area contributed by atoms with Crippen molar-refractivity contribution in [3.05, 3.63) is 0 Å². The van der Waals surface area contributed by atoms with Gasteiger partial charge in [-0.25, -0.2) is 0 Å². The predicted octanol–water partition coefficient (Wildman–Crippen LogP) is 1.97. The Morgan fingerprint density at radius 3 is 2.57 bits per heavy atom. The van der Waals surface area contributed by atoms with E-state index < -0.39 is 0 Å². The molecule has 0 bridgehead atoms. The van der Waals surface area contributed by atoms with Crippen LogP contribution in [0.3, 0.4) is 0 Å². The molecule has 0 amide bonds. The normalized spacial score (nSPS) is 37.5. The maximum absolute atomic E-state index is 5.96. The first-order valence-corrected chi connectivity index (χ1v) is 6.08. The van der Waals surface area contributed by atoms with Gasteiger partial charge < -0.3 is 9.64 Å². The molecule has 1 saturated carbocycles. The minimum atomic E-state index is 0.461. The second-order valence-electron chi connectivity index (χ2n) is 4.89. The number of rotatable bonds is 4. The van der Waals surface area contributed by atoms with Gasteiger partial charge in [0, 0.05) is 25.1 Å². The van der Waals surface area contributed by atoms with Crippen molar-refractivity contribution in [3.8, 4) is 0 Å². The summed E-state index contributed by atoms with van der Waals surface area (Å²) in [5.74, 6) is 1.62. The lowest BCUT2D eigenvalue weighted by molar-refractivity contribution is 0.158. The van der Waals surface area contributed by atoms with E-state index in [2.05, 4.69) is 11.9 Å². The largest absolute Gasteiger partial charge is 0.381 e. The summed E-state index contributed by atoms with van der Waals surface area (Å²) in [7, 11) is 2.22. The zero-order valence-corrected chi connectivity index (χ0v) is 9.67. The van der Waals surface area contributed by atoms with Crippen LogP contribution in [0, 0.1) is 11.8 Å². The summed E-state index contributed by atoms with van der Waals surface area (Å²) in [5, 5.41) is 0.461. The van der Waals surface area contributed by atoms with Crippen molar-refractivity contribution in [1.29, 1.82) is 0 Å². The zero-order valence-electron chi connectivity index (χ0n) is 8.92. The van der Waals surface area contributed by atoms with Gasteiger partial charge in [0.15, 0.2) is 0 Å². The average Bonchev–Trinajstić information content (AvgIpc) is 2.54. The zero-order chi connectivity index (χ0) is 9.97. The third-order valence-corrected chi connectivity index (χ3v) is 3.70. The van der Waals surface area contributed by atoms with Crippen LogP contribution in [0.4, 0.5) is 0 Å². The van der Waals surface area contributed by atoms with Gasteiger partial charge in [-0.15, -0.1) is 11.6 Å². The number of halogens is 1. The topological polar surface area (TPSA) is 12.5 Å². The summed E-state index contributed by atoms with van der Waals surface area (Å²) in [5.41, 5.74) is 0. The third-order valence-electron chi connectivity index (χ3n) is 3.34. The van der Waals surface area contributed by atoms with E-state index in [0.29, 0.717) is 5.38 Å². The molecule has 1 unspecified atom stereocenters. The Labute approximate surface area is 91.6 Å². The predicted molar refractivity (Wildman–Crippen MR) is 58.8 cm³/mol. The molecule has 82 valence electrons. The number of hydrogen-bond acceptors (Lipinski definition) is 2. The van der Waals surface area contributed by atoms with E-state index in [9.17, 15) is 0 Å². The van der Waals surface area contributed by atoms with E-state index in [4.69, 9.17) is 16.3 Å². The Balaban J connectivity index is 1.60. The summed E-state index contributed by atoms with van der Waals surface area (Å²) in [6.45, 7) is 4.35. The van der Waals surface area contributed by atoms with E-state index in [1.807, 2.05) is 0 Å². The molecule has 1 saturated heterocycles. The smallest absolute Gasteiger partial charge is 0.0507 e. The van der Waals surface area contributed by atoms with Crippen molar-refractivity contribution in [2.75, 3.05) is 33.4 Å². The molecular formula is C11H20ClNO. The molecule has 0 aromatic rings. The molecule has 2 rings (SSSR count). The maximum Gasteiger partial charge on any atom is 0.0507 e. The Morgan fingerprint density at radius 1 is 1.29 bits per heavy atom. The van der Waals surface area contributed by atoms with E-state index in [1.54, 1.807) is 0 Å². The number of hydrogen-bond donors (Lipinski definition) is 0. The Morgan fingerprint density at radius 2 is 2.00 bits per heavy atom. The highest BCUT2D eigenvalue weighted by Gasteiger charge is 2.28. The molecule has 0 aromatic heterocycles. The summed E-state index contributed by atoms with van der Waals surface area (Å²) >= 11 is 5.96. The van der Waals surface area contributed by atoms with Crippen LogP contribution in [-0.2, 0) is 4.74 Å². The molecule has 2 aliphatic rings. The van der Waals surface area contributed by atoms with Gasteiger partial charge in [-0.3, -0.25) is 0 Å². The molecule has 2 fully saturated rings. The third kappa shape index (κ3) is 2.85. The van der Waals surface area contributed by atoms with Gasteiger partial charge in [0.1, 0.15) is 0 Å². The van der Waals surface area contributed by atoms with Crippen LogP contribution in [0.2, 0.25) is 0 Å². The van der Waals surface area contributed by atoms with Gasteiger partial charge in [-0.05, 0) is 38.1 Å². The first-order valence-electron chi connectivity index (χ1n) is 5.64. The SMILES string of the molecule is CN(CC1CCOC1)CC1CC(Cl)C1. The Kier molecular flexibility index (Phi) is 3.69. The molecule has 1 atom stereocenters. The van der Waals surface area contributed by atoms with Crippen LogP contribution in [0.5, 0.6) is 0 Å². The van der Waals surface area contributed by atoms with Gasteiger partial charge in [0.25, 0.3) is 0 Å². The highest BCUT2D eigenvalue weighted by Crippen LogP contribution is 2.32. The van der Waals surface area contributed by atoms with Crippen molar-refractivity contribution in [3.63, 3.8) is 0 Å². The summed E-state index contributed by atoms with van der Waals surface area (Å²) < 4.78 is 5.37. The van der Waals surface area contributed by atoms with Crippen molar-refractivity contribution in [1.82, 2.24) is 4.90 Å². The Bertz CT molecular complexity index is 176. The number of nitrogens with zero attached hydrogens (tertiary/aromatic N) is 1. The minimum absolute atomic E-state index is 0.461. The lowest BCUT2D eigenvalue weighted by Crippen LogP contribution is -2.37. The molecule has 3 heteroatoms. The summed E-state index contributed by atoms with van der Waals surface area (Å²) in [6.07, 6.45) is 3.67. The molecule has 0 aromatic carbocycles. The van der Waals surface area contributed by atoms with Gasteiger partial charge in [0.2, 0.25) is 0 Å². The van der Waals surface area contributed by atoms with E-state index in [0.717, 1.165) is 25.0 Å². The fraction of sp³-hybridized carbons (Fsp3) is 1.00. The molecule has 0 N–H and O–H groups in total. The first-order chi connectivity index (χ1) is 6.74. The fourth-order valence-corrected chi connectivity index (χ4v) is 2.99. The standard InChI is InChI=1S/C11H20ClNO/c1-13(6-9-2-3-14-8-9)7-10-4-11(12)5-10/h9-11H,2-8H2,1H3. The van der Waals surface area contributed by atoms with E-state index in [1.165, 1.54) is 32.4 Å². The quantitative estimate of drug-likeness (QED) is 0.668. The lowest BCUT2D eigenvalue weighted by Gasteiger charge is -2.34. The molecule has 1 aliphatic carbocycles. The van der Waals surface area contributed by atoms with Crippen molar-refractivity contribution < 1.29 is 4.74 Å². The van der Waals surface area contributed by atoms with Crippen LogP contribution in [-0.4, -0.2) is 43.6 Å². The van der Waals surface area contributed by atoms with Crippen LogP contribution >= 0.6 is 11.6 Å². The fourth-order valence-electron chi connectivity index (χ4n) is 2.49. The molecule has 2 nitrogen and oxygen atoms in total.